The fourth-order valence-electron chi connectivity index (χ4n) is 2.30. The molecule has 0 aliphatic heterocycles. The molecule has 1 heterocycles. The molecule has 0 unspecified atom stereocenters. The summed E-state index contributed by atoms with van der Waals surface area (Å²) >= 11 is 0. The molecule has 16 heavy (non-hydrogen) atoms. The molecule has 0 atom stereocenters. The summed E-state index contributed by atoms with van der Waals surface area (Å²) in [6, 6.07) is 6.33. The lowest BCUT2D eigenvalue weighted by molar-refractivity contribution is 0.375. The maximum Gasteiger partial charge on any atom is 0.167 e. The molecule has 3 rings (SSSR count). The number of nitrogens with two attached hydrogens (primary N) is 1. The average Bonchev–Trinajstić information content (AvgIpc) is 2.60. The second-order valence-corrected chi connectivity index (χ2v) is 4.56. The van der Waals surface area contributed by atoms with Crippen LogP contribution in [0.15, 0.2) is 22.7 Å². The molecule has 1 aliphatic carbocycles. The molecule has 1 aromatic carbocycles. The van der Waals surface area contributed by atoms with Crippen LogP contribution in [0.1, 0.15) is 36.4 Å². The minimum Gasteiger partial charge on any atom is -0.356 e. The molecular formula is C13H16N2O. The Balaban J connectivity index is 2.00. The Morgan fingerprint density at radius 2 is 2.25 bits per heavy atom. The Hall–Kier alpha value is -1.35. The molecule has 84 valence electrons. The third-order valence-electron chi connectivity index (χ3n) is 3.49. The highest BCUT2D eigenvalue weighted by Gasteiger charge is 2.24. The number of benzene rings is 1. The summed E-state index contributed by atoms with van der Waals surface area (Å²) < 4.78 is 5.40. The number of aromatic nitrogens is 1. The summed E-state index contributed by atoms with van der Waals surface area (Å²) in [5.41, 5.74) is 8.83. The van der Waals surface area contributed by atoms with E-state index in [9.17, 15) is 0 Å². The Bertz CT molecular complexity index is 500. The Labute approximate surface area is 94.6 Å². The molecule has 1 aromatic heterocycles. The van der Waals surface area contributed by atoms with Gasteiger partial charge >= 0.3 is 0 Å². The SMILES string of the molecule is NCCc1ccc2c(C3CCC3)noc2c1. The Kier molecular flexibility index (Phi) is 2.40. The first kappa shape index (κ1) is 9.85. The number of hydrogen-bond donors (Lipinski definition) is 1. The van der Waals surface area contributed by atoms with Gasteiger partial charge < -0.3 is 10.3 Å². The fraction of sp³-hybridized carbons (Fsp3) is 0.462. The van der Waals surface area contributed by atoms with Gasteiger partial charge in [-0.05, 0) is 43.5 Å². The van der Waals surface area contributed by atoms with Crippen molar-refractivity contribution in [3.63, 3.8) is 0 Å². The van der Waals surface area contributed by atoms with E-state index >= 15 is 0 Å². The minimum absolute atomic E-state index is 0.626. The van der Waals surface area contributed by atoms with Gasteiger partial charge in [0.2, 0.25) is 0 Å². The van der Waals surface area contributed by atoms with E-state index in [0.29, 0.717) is 12.5 Å². The minimum atomic E-state index is 0.626. The van der Waals surface area contributed by atoms with Gasteiger partial charge in [0.25, 0.3) is 0 Å². The van der Waals surface area contributed by atoms with Crippen LogP contribution < -0.4 is 5.73 Å². The molecule has 3 nitrogen and oxygen atoms in total. The van der Waals surface area contributed by atoms with Gasteiger partial charge in [0.1, 0.15) is 0 Å². The average molecular weight is 216 g/mol. The molecule has 1 saturated carbocycles. The molecule has 2 N–H and O–H groups in total. The maximum atomic E-state index is 5.54. The van der Waals surface area contributed by atoms with Crippen LogP contribution in [-0.4, -0.2) is 11.7 Å². The molecule has 2 aromatic rings. The lowest BCUT2D eigenvalue weighted by Crippen LogP contribution is -2.09. The maximum absolute atomic E-state index is 5.54. The van der Waals surface area contributed by atoms with Crippen molar-refractivity contribution in [3.05, 3.63) is 29.5 Å². The fourth-order valence-corrected chi connectivity index (χ4v) is 2.30. The summed E-state index contributed by atoms with van der Waals surface area (Å²) in [7, 11) is 0. The summed E-state index contributed by atoms with van der Waals surface area (Å²) in [5, 5.41) is 5.40. The molecule has 0 saturated heterocycles. The monoisotopic (exact) mass is 216 g/mol. The van der Waals surface area contributed by atoms with E-state index in [1.54, 1.807) is 0 Å². The van der Waals surface area contributed by atoms with Crippen LogP contribution in [0, 0.1) is 0 Å². The van der Waals surface area contributed by atoms with Crippen LogP contribution >= 0.6 is 0 Å². The van der Waals surface area contributed by atoms with E-state index in [-0.39, 0.29) is 0 Å². The first-order chi connectivity index (χ1) is 7.88. The zero-order valence-corrected chi connectivity index (χ0v) is 9.28. The lowest BCUT2D eigenvalue weighted by Gasteiger charge is -2.22. The number of nitrogens with zero attached hydrogens (tertiary/aromatic N) is 1. The third kappa shape index (κ3) is 1.52. The van der Waals surface area contributed by atoms with Crippen molar-refractivity contribution in [2.24, 2.45) is 5.73 Å². The topological polar surface area (TPSA) is 52.0 Å². The summed E-state index contributed by atoms with van der Waals surface area (Å²) in [6.45, 7) is 0.676. The lowest BCUT2D eigenvalue weighted by atomic mass is 9.82. The smallest absolute Gasteiger partial charge is 0.167 e. The van der Waals surface area contributed by atoms with Crippen molar-refractivity contribution in [2.75, 3.05) is 6.54 Å². The number of fused-ring (bicyclic) bond motifs is 1. The molecule has 1 aliphatic rings. The van der Waals surface area contributed by atoms with Crippen LogP contribution in [0.4, 0.5) is 0 Å². The van der Waals surface area contributed by atoms with E-state index < -0.39 is 0 Å². The summed E-state index contributed by atoms with van der Waals surface area (Å²) in [4.78, 5) is 0. The standard InChI is InChI=1S/C13H16N2O/c14-7-6-9-4-5-11-12(8-9)16-15-13(11)10-2-1-3-10/h4-5,8,10H,1-3,6-7,14H2. The first-order valence-corrected chi connectivity index (χ1v) is 5.97. The van der Waals surface area contributed by atoms with Gasteiger partial charge in [-0.1, -0.05) is 17.6 Å². The third-order valence-corrected chi connectivity index (χ3v) is 3.49. The van der Waals surface area contributed by atoms with Crippen LogP contribution in [-0.2, 0) is 6.42 Å². The molecule has 0 bridgehead atoms. The quantitative estimate of drug-likeness (QED) is 0.858. The number of hydrogen-bond acceptors (Lipinski definition) is 3. The largest absolute Gasteiger partial charge is 0.356 e. The van der Waals surface area contributed by atoms with Gasteiger partial charge in [0.05, 0.1) is 5.69 Å². The van der Waals surface area contributed by atoms with Crippen molar-refractivity contribution in [3.8, 4) is 0 Å². The van der Waals surface area contributed by atoms with Gasteiger partial charge in [-0.15, -0.1) is 0 Å². The van der Waals surface area contributed by atoms with Crippen LogP contribution in [0.3, 0.4) is 0 Å². The van der Waals surface area contributed by atoms with Crippen LogP contribution in [0.25, 0.3) is 11.0 Å². The Morgan fingerprint density at radius 3 is 2.94 bits per heavy atom. The molecule has 1 fully saturated rings. The zero-order valence-electron chi connectivity index (χ0n) is 9.28. The van der Waals surface area contributed by atoms with Crippen molar-refractivity contribution in [2.45, 2.75) is 31.6 Å². The molecule has 0 radical (unpaired) electrons. The molecular weight excluding hydrogens is 200 g/mol. The highest BCUT2D eigenvalue weighted by molar-refractivity contribution is 5.80. The summed E-state index contributed by atoms with van der Waals surface area (Å²) in [5.74, 6) is 0.626. The Morgan fingerprint density at radius 1 is 1.38 bits per heavy atom. The molecule has 0 amide bonds. The highest BCUT2D eigenvalue weighted by Crippen LogP contribution is 2.39. The molecule has 0 spiro atoms. The second kappa shape index (κ2) is 3.91. The van der Waals surface area contributed by atoms with Crippen molar-refractivity contribution in [1.29, 1.82) is 0 Å². The van der Waals surface area contributed by atoms with Gasteiger partial charge in [-0.2, -0.15) is 0 Å². The van der Waals surface area contributed by atoms with Crippen molar-refractivity contribution in [1.82, 2.24) is 5.16 Å². The molecule has 3 heteroatoms. The summed E-state index contributed by atoms with van der Waals surface area (Å²) in [6.07, 6.45) is 4.73. The first-order valence-electron chi connectivity index (χ1n) is 5.97. The van der Waals surface area contributed by atoms with Crippen LogP contribution in [0.5, 0.6) is 0 Å². The van der Waals surface area contributed by atoms with Gasteiger partial charge in [0, 0.05) is 11.3 Å². The van der Waals surface area contributed by atoms with Gasteiger partial charge in [-0.25, -0.2) is 0 Å². The van der Waals surface area contributed by atoms with Crippen molar-refractivity contribution < 1.29 is 4.52 Å². The van der Waals surface area contributed by atoms with E-state index in [2.05, 4.69) is 23.4 Å². The zero-order chi connectivity index (χ0) is 11.0. The second-order valence-electron chi connectivity index (χ2n) is 4.56. The van der Waals surface area contributed by atoms with Crippen LogP contribution in [0.2, 0.25) is 0 Å². The van der Waals surface area contributed by atoms with E-state index in [1.165, 1.54) is 30.2 Å². The predicted molar refractivity (Wildman–Crippen MR) is 63.4 cm³/mol. The van der Waals surface area contributed by atoms with E-state index in [0.717, 1.165) is 17.7 Å². The van der Waals surface area contributed by atoms with Gasteiger partial charge in [0.15, 0.2) is 5.58 Å². The van der Waals surface area contributed by atoms with E-state index in [1.807, 2.05) is 0 Å². The van der Waals surface area contributed by atoms with Crippen molar-refractivity contribution >= 4 is 11.0 Å². The highest BCUT2D eigenvalue weighted by atomic mass is 16.5. The normalized spacial score (nSPS) is 16.6. The number of rotatable bonds is 3. The van der Waals surface area contributed by atoms with E-state index in [4.69, 9.17) is 10.3 Å². The predicted octanol–water partition coefficient (Wildman–Crippen LogP) is 2.60. The van der Waals surface area contributed by atoms with Gasteiger partial charge in [-0.3, -0.25) is 0 Å².